The van der Waals surface area contributed by atoms with E-state index in [4.69, 9.17) is 9.47 Å². The largest absolute Gasteiger partial charge is 0.497 e. The van der Waals surface area contributed by atoms with Crippen molar-refractivity contribution in [1.82, 2.24) is 4.98 Å². The molecule has 1 fully saturated rings. The molecule has 9 nitrogen and oxygen atoms in total. The van der Waals surface area contributed by atoms with Crippen LogP contribution in [0.2, 0.25) is 0 Å². The first kappa shape index (κ1) is 26.8. The van der Waals surface area contributed by atoms with Gasteiger partial charge in [0.2, 0.25) is 11.8 Å². The number of imide groups is 1. The summed E-state index contributed by atoms with van der Waals surface area (Å²) in [6.07, 6.45) is 0. The number of halogens is 1. The number of aromatic nitrogens is 1. The number of hydrogen-bond acceptors (Lipinski definition) is 8. The molecule has 3 atom stereocenters. The van der Waals surface area contributed by atoms with Crippen LogP contribution in [0.4, 0.5) is 15.8 Å². The third kappa shape index (κ3) is 5.11. The molecule has 0 aliphatic carbocycles. The lowest BCUT2D eigenvalue weighted by molar-refractivity contribution is -0.122. The highest BCUT2D eigenvalue weighted by Gasteiger charge is 2.56. The molecule has 6 rings (SSSR count). The van der Waals surface area contributed by atoms with Gasteiger partial charge in [-0.3, -0.25) is 19.2 Å². The van der Waals surface area contributed by atoms with Crippen LogP contribution in [0.25, 0.3) is 0 Å². The van der Waals surface area contributed by atoms with Gasteiger partial charge < -0.3 is 19.8 Å². The molecule has 3 aromatic carbocycles. The second-order valence-electron chi connectivity index (χ2n) is 9.38. The Morgan fingerprint density at radius 3 is 2.49 bits per heavy atom. The molecule has 1 saturated heterocycles. The molecule has 3 amide bonds. The molecule has 2 N–H and O–H groups in total. The Kier molecular flexibility index (Phi) is 7.10. The number of fused-ring (bicyclic) bond motifs is 2. The quantitative estimate of drug-likeness (QED) is 0.306. The minimum absolute atomic E-state index is 0.263. The molecular formula is C29H22FN3O6S2. The van der Waals surface area contributed by atoms with E-state index in [-0.39, 0.29) is 23.1 Å². The van der Waals surface area contributed by atoms with E-state index in [2.05, 4.69) is 10.3 Å². The molecule has 0 bridgehead atoms. The summed E-state index contributed by atoms with van der Waals surface area (Å²) in [5.41, 5.74) is 1.53. The number of nitrogens with one attached hydrogen (secondary N) is 2. The summed E-state index contributed by atoms with van der Waals surface area (Å²) in [6, 6.07) is 19.0. The summed E-state index contributed by atoms with van der Waals surface area (Å²) in [7, 11) is 1.56. The number of carbonyl (C=O) groups is 3. The molecule has 3 unspecified atom stereocenters. The number of methoxy groups -OCH3 is 1. The van der Waals surface area contributed by atoms with E-state index in [1.807, 2.05) is 0 Å². The molecule has 2 aliphatic heterocycles. The fourth-order valence-electron chi connectivity index (χ4n) is 5.04. The maximum absolute atomic E-state index is 13.8. The van der Waals surface area contributed by atoms with Crippen LogP contribution in [-0.2, 0) is 14.4 Å². The van der Waals surface area contributed by atoms with E-state index in [9.17, 15) is 23.6 Å². The maximum Gasteiger partial charge on any atom is 0.305 e. The number of thiazole rings is 1. The van der Waals surface area contributed by atoms with Crippen molar-refractivity contribution in [3.8, 4) is 11.5 Å². The van der Waals surface area contributed by atoms with Gasteiger partial charge in [0.05, 0.1) is 23.7 Å². The van der Waals surface area contributed by atoms with Crippen molar-refractivity contribution >= 4 is 52.2 Å². The Balaban J connectivity index is 1.26. The van der Waals surface area contributed by atoms with E-state index in [0.29, 0.717) is 32.7 Å². The van der Waals surface area contributed by atoms with E-state index in [1.165, 1.54) is 24.3 Å². The normalized spacial score (nSPS) is 19.5. The average molecular weight is 592 g/mol. The number of aromatic amines is 1. The predicted molar refractivity (Wildman–Crippen MR) is 152 cm³/mol. The number of hydrogen-bond donors (Lipinski definition) is 2. The van der Waals surface area contributed by atoms with Gasteiger partial charge in [-0.15, -0.1) is 0 Å². The number of ether oxygens (including phenoxy) is 2. The number of carbonyl (C=O) groups excluding carboxylic acids is 3. The highest BCUT2D eigenvalue weighted by molar-refractivity contribution is 8.00. The molecule has 0 radical (unpaired) electrons. The molecule has 208 valence electrons. The van der Waals surface area contributed by atoms with Crippen molar-refractivity contribution in [2.75, 3.05) is 23.9 Å². The Hall–Kier alpha value is -4.42. The second-order valence-corrected chi connectivity index (χ2v) is 11.5. The molecule has 2 aliphatic rings. The van der Waals surface area contributed by atoms with E-state index in [0.717, 1.165) is 28.0 Å². The smallest absolute Gasteiger partial charge is 0.305 e. The highest BCUT2D eigenvalue weighted by Crippen LogP contribution is 2.53. The van der Waals surface area contributed by atoms with Crippen LogP contribution in [0, 0.1) is 11.7 Å². The molecule has 41 heavy (non-hydrogen) atoms. The second kappa shape index (κ2) is 10.9. The lowest BCUT2D eigenvalue weighted by Crippen LogP contribution is -2.32. The van der Waals surface area contributed by atoms with Crippen molar-refractivity contribution in [2.45, 2.75) is 16.2 Å². The molecule has 1 aromatic heterocycles. The van der Waals surface area contributed by atoms with E-state index >= 15 is 0 Å². The summed E-state index contributed by atoms with van der Waals surface area (Å²) >= 11 is 2.15. The van der Waals surface area contributed by atoms with Gasteiger partial charge in [0, 0.05) is 16.5 Å². The van der Waals surface area contributed by atoms with Gasteiger partial charge in [-0.25, -0.2) is 9.29 Å². The molecular weight excluding hydrogens is 569 g/mol. The zero-order valence-electron chi connectivity index (χ0n) is 21.5. The van der Waals surface area contributed by atoms with Gasteiger partial charge in [-0.1, -0.05) is 35.2 Å². The molecule has 0 spiro atoms. The monoisotopic (exact) mass is 591 g/mol. The molecule has 3 heterocycles. The van der Waals surface area contributed by atoms with Gasteiger partial charge in [-0.05, 0) is 66.2 Å². The number of benzene rings is 3. The van der Waals surface area contributed by atoms with Gasteiger partial charge >= 0.3 is 4.87 Å². The first-order valence-electron chi connectivity index (χ1n) is 12.5. The Bertz CT molecular complexity index is 1700. The van der Waals surface area contributed by atoms with Gasteiger partial charge in [0.15, 0.2) is 6.61 Å². The van der Waals surface area contributed by atoms with Crippen LogP contribution in [0.5, 0.6) is 11.5 Å². The first-order chi connectivity index (χ1) is 19.8. The van der Waals surface area contributed by atoms with Crippen molar-refractivity contribution in [3.05, 3.63) is 98.7 Å². The Labute approximate surface area is 241 Å². The minimum Gasteiger partial charge on any atom is -0.497 e. The zero-order chi connectivity index (χ0) is 28.7. The molecule has 4 aromatic rings. The lowest BCUT2D eigenvalue weighted by atomic mass is 9.83. The Morgan fingerprint density at radius 1 is 1.00 bits per heavy atom. The Morgan fingerprint density at radius 2 is 1.76 bits per heavy atom. The van der Waals surface area contributed by atoms with Crippen LogP contribution in [-0.4, -0.2) is 41.7 Å². The number of rotatable bonds is 7. The maximum atomic E-state index is 13.8. The lowest BCUT2D eigenvalue weighted by Gasteiger charge is -2.30. The van der Waals surface area contributed by atoms with Gasteiger partial charge in [0.25, 0.3) is 5.91 Å². The minimum atomic E-state index is -0.801. The summed E-state index contributed by atoms with van der Waals surface area (Å²) in [6.45, 7) is -0.263. The standard InChI is InChI=1S/C29H22FN3O6S2/c1-38-19-11-7-17(8-12-19)31-21(34)14-39-20-4-2-3-15(13-20)22-23-25(40-26-24(22)41-29(37)32-26)28(36)33(27(23)35)18-9-5-16(30)6-10-18/h2-13,22-23,25H,14H2,1H3,(H,31,34)(H,32,37). The van der Waals surface area contributed by atoms with Crippen LogP contribution < -0.4 is 24.6 Å². The summed E-state index contributed by atoms with van der Waals surface area (Å²) in [4.78, 5) is 56.3. The number of thioether (sulfide) groups is 1. The van der Waals surface area contributed by atoms with Crippen molar-refractivity contribution in [2.24, 2.45) is 5.92 Å². The summed E-state index contributed by atoms with van der Waals surface area (Å²) < 4.78 is 24.4. The average Bonchev–Trinajstić information content (AvgIpc) is 3.47. The van der Waals surface area contributed by atoms with Crippen LogP contribution in [0.1, 0.15) is 16.4 Å². The number of nitrogens with zero attached hydrogens (tertiary/aromatic N) is 1. The van der Waals surface area contributed by atoms with Crippen molar-refractivity contribution in [1.29, 1.82) is 0 Å². The van der Waals surface area contributed by atoms with E-state index < -0.39 is 34.7 Å². The zero-order valence-corrected chi connectivity index (χ0v) is 23.1. The fraction of sp³-hybridized carbons (Fsp3) is 0.172. The number of H-pyrrole nitrogens is 1. The highest BCUT2D eigenvalue weighted by atomic mass is 32.2. The third-order valence-electron chi connectivity index (χ3n) is 6.87. The number of amides is 3. The van der Waals surface area contributed by atoms with Gasteiger partial charge in [0.1, 0.15) is 22.6 Å². The van der Waals surface area contributed by atoms with Crippen molar-refractivity contribution < 1.29 is 28.2 Å². The van der Waals surface area contributed by atoms with Crippen LogP contribution >= 0.6 is 23.1 Å². The first-order valence-corrected chi connectivity index (χ1v) is 14.2. The topological polar surface area (TPSA) is 118 Å². The molecule has 12 heteroatoms. The van der Waals surface area contributed by atoms with Crippen LogP contribution in [0.15, 0.2) is 82.6 Å². The summed E-state index contributed by atoms with van der Waals surface area (Å²) in [5.74, 6) is -2.07. The fourth-order valence-corrected chi connectivity index (χ4v) is 7.55. The van der Waals surface area contributed by atoms with Crippen LogP contribution in [0.3, 0.4) is 0 Å². The summed E-state index contributed by atoms with van der Waals surface area (Å²) in [5, 5.41) is 2.51. The van der Waals surface area contributed by atoms with Crippen molar-refractivity contribution in [3.63, 3.8) is 0 Å². The predicted octanol–water partition coefficient (Wildman–Crippen LogP) is 4.40. The van der Waals surface area contributed by atoms with E-state index in [1.54, 1.807) is 55.6 Å². The number of anilines is 2. The van der Waals surface area contributed by atoms with Gasteiger partial charge in [-0.2, -0.15) is 0 Å². The molecule has 0 saturated carbocycles. The SMILES string of the molecule is COc1ccc(NC(=O)COc2cccc(C3c4sc(=O)[nH]c4SC4C(=O)N(c5ccc(F)cc5)C(=O)C43)c2)cc1. The third-order valence-corrected chi connectivity index (χ3v) is 9.27.